The summed E-state index contributed by atoms with van der Waals surface area (Å²) in [7, 11) is 0. The maximum atomic E-state index is 13.6. The van der Waals surface area contributed by atoms with Crippen LogP contribution in [-0.2, 0) is 12.8 Å². The standard InChI is InChI=1S/C15H15F2N3OS/c1-15(2)4-3-10-11(6-15)22-14(19-10)20-13(21)12-9(17)5-8(16)7-18-12/h5,7H,3-4,6H2,1-2H3,(H,19,20,21). The number of nitrogens with zero attached hydrogens (tertiary/aromatic N) is 2. The van der Waals surface area contributed by atoms with Crippen LogP contribution in [0.25, 0.3) is 0 Å². The molecule has 1 amide bonds. The Bertz CT molecular complexity index is 742. The molecular formula is C15H15F2N3OS. The van der Waals surface area contributed by atoms with Gasteiger partial charge in [0.2, 0.25) is 0 Å². The van der Waals surface area contributed by atoms with Gasteiger partial charge in [-0.3, -0.25) is 10.1 Å². The fourth-order valence-electron chi connectivity index (χ4n) is 2.49. The maximum Gasteiger partial charge on any atom is 0.279 e. The first-order valence-electron chi connectivity index (χ1n) is 6.95. The molecule has 0 atom stereocenters. The molecule has 22 heavy (non-hydrogen) atoms. The Morgan fingerprint density at radius 2 is 2.18 bits per heavy atom. The molecule has 2 aromatic heterocycles. The van der Waals surface area contributed by atoms with E-state index in [9.17, 15) is 13.6 Å². The normalized spacial score (nSPS) is 16.2. The molecule has 1 aliphatic carbocycles. The Balaban J connectivity index is 1.79. The van der Waals surface area contributed by atoms with E-state index in [1.165, 1.54) is 11.3 Å². The van der Waals surface area contributed by atoms with Gasteiger partial charge in [-0.05, 0) is 24.7 Å². The minimum absolute atomic E-state index is 0.228. The van der Waals surface area contributed by atoms with Gasteiger partial charge >= 0.3 is 0 Å². The summed E-state index contributed by atoms with van der Waals surface area (Å²) >= 11 is 1.40. The van der Waals surface area contributed by atoms with Crippen LogP contribution in [0.4, 0.5) is 13.9 Å². The summed E-state index contributed by atoms with van der Waals surface area (Å²) in [6.07, 6.45) is 3.65. The van der Waals surface area contributed by atoms with E-state index in [4.69, 9.17) is 0 Å². The van der Waals surface area contributed by atoms with Crippen LogP contribution in [0.3, 0.4) is 0 Å². The van der Waals surface area contributed by atoms with Gasteiger partial charge in [-0.2, -0.15) is 0 Å². The molecule has 1 aliphatic rings. The largest absolute Gasteiger partial charge is 0.296 e. The number of thiazole rings is 1. The average molecular weight is 323 g/mol. The van der Waals surface area contributed by atoms with E-state index in [-0.39, 0.29) is 5.41 Å². The zero-order valence-electron chi connectivity index (χ0n) is 12.2. The quantitative estimate of drug-likeness (QED) is 0.919. The van der Waals surface area contributed by atoms with E-state index in [1.807, 2.05) is 0 Å². The molecule has 1 N–H and O–H groups in total. The van der Waals surface area contributed by atoms with Crippen LogP contribution < -0.4 is 5.32 Å². The third kappa shape index (κ3) is 2.99. The number of nitrogens with one attached hydrogen (secondary N) is 1. The van der Waals surface area contributed by atoms with Crippen LogP contribution in [0.15, 0.2) is 12.3 Å². The Kier molecular flexibility index (Phi) is 3.68. The van der Waals surface area contributed by atoms with Gasteiger partial charge < -0.3 is 0 Å². The molecule has 3 rings (SSSR count). The van der Waals surface area contributed by atoms with Gasteiger partial charge in [-0.15, -0.1) is 11.3 Å². The molecule has 4 nitrogen and oxygen atoms in total. The lowest BCUT2D eigenvalue weighted by Gasteiger charge is -2.28. The molecule has 0 fully saturated rings. The second-order valence-electron chi connectivity index (χ2n) is 6.17. The van der Waals surface area contributed by atoms with Gasteiger partial charge in [0, 0.05) is 10.9 Å². The number of carbonyl (C=O) groups excluding carboxylic acids is 1. The highest BCUT2D eigenvalue weighted by molar-refractivity contribution is 7.15. The summed E-state index contributed by atoms with van der Waals surface area (Å²) in [6.45, 7) is 4.40. The molecule has 0 saturated carbocycles. The van der Waals surface area contributed by atoms with Crippen molar-refractivity contribution in [2.75, 3.05) is 5.32 Å². The van der Waals surface area contributed by atoms with E-state index in [2.05, 4.69) is 29.1 Å². The number of hydrogen-bond donors (Lipinski definition) is 1. The fraction of sp³-hybridized carbons (Fsp3) is 0.400. The lowest BCUT2D eigenvalue weighted by atomic mass is 9.79. The summed E-state index contributed by atoms with van der Waals surface area (Å²) in [6, 6.07) is 0.636. The fourth-order valence-corrected chi connectivity index (χ4v) is 3.75. The summed E-state index contributed by atoms with van der Waals surface area (Å²) in [4.78, 5) is 21.1. The molecule has 7 heteroatoms. The number of rotatable bonds is 2. The number of carbonyl (C=O) groups is 1. The van der Waals surface area contributed by atoms with Crippen LogP contribution in [0.1, 0.15) is 41.3 Å². The maximum absolute atomic E-state index is 13.6. The molecule has 2 heterocycles. The van der Waals surface area contributed by atoms with Crippen molar-refractivity contribution in [1.82, 2.24) is 9.97 Å². The Hall–Kier alpha value is -1.89. The monoisotopic (exact) mass is 323 g/mol. The molecule has 0 spiro atoms. The second-order valence-corrected chi connectivity index (χ2v) is 7.25. The van der Waals surface area contributed by atoms with Crippen molar-refractivity contribution < 1.29 is 13.6 Å². The van der Waals surface area contributed by atoms with Gasteiger partial charge in [-0.25, -0.2) is 18.7 Å². The molecule has 0 aliphatic heterocycles. The lowest BCUT2D eigenvalue weighted by molar-refractivity contribution is 0.101. The van der Waals surface area contributed by atoms with Crippen molar-refractivity contribution in [3.05, 3.63) is 40.2 Å². The minimum atomic E-state index is -0.986. The molecule has 0 radical (unpaired) electrons. The number of anilines is 1. The van der Waals surface area contributed by atoms with Gasteiger partial charge in [0.1, 0.15) is 5.82 Å². The van der Waals surface area contributed by atoms with E-state index < -0.39 is 23.2 Å². The summed E-state index contributed by atoms with van der Waals surface area (Å²) in [5.74, 6) is -2.52. The van der Waals surface area contributed by atoms with Gasteiger partial charge in [-0.1, -0.05) is 13.8 Å². The lowest BCUT2D eigenvalue weighted by Crippen LogP contribution is -2.20. The van der Waals surface area contributed by atoms with Crippen molar-refractivity contribution in [2.45, 2.75) is 33.1 Å². The first-order chi connectivity index (χ1) is 10.3. The van der Waals surface area contributed by atoms with Crippen LogP contribution in [0, 0.1) is 17.0 Å². The number of halogens is 2. The van der Waals surface area contributed by atoms with E-state index in [0.29, 0.717) is 11.2 Å². The number of amides is 1. The SMILES string of the molecule is CC1(C)CCc2nc(NC(=O)c3ncc(F)cc3F)sc2C1. The first kappa shape index (κ1) is 15.0. The highest BCUT2D eigenvalue weighted by Gasteiger charge is 2.28. The Labute approximate surface area is 130 Å². The first-order valence-corrected chi connectivity index (χ1v) is 7.77. The predicted octanol–water partition coefficient (Wildman–Crippen LogP) is 3.58. The second kappa shape index (κ2) is 5.39. The van der Waals surface area contributed by atoms with Crippen LogP contribution in [-0.4, -0.2) is 15.9 Å². The molecule has 2 aromatic rings. The predicted molar refractivity (Wildman–Crippen MR) is 80.0 cm³/mol. The van der Waals surface area contributed by atoms with Gasteiger partial charge in [0.15, 0.2) is 16.6 Å². The van der Waals surface area contributed by atoms with Gasteiger partial charge in [0.25, 0.3) is 5.91 Å². The minimum Gasteiger partial charge on any atom is -0.296 e. The zero-order valence-corrected chi connectivity index (χ0v) is 13.1. The molecular weight excluding hydrogens is 308 g/mol. The van der Waals surface area contributed by atoms with Crippen LogP contribution in [0.5, 0.6) is 0 Å². The Morgan fingerprint density at radius 3 is 2.91 bits per heavy atom. The van der Waals surface area contributed by atoms with Gasteiger partial charge in [0.05, 0.1) is 11.9 Å². The van der Waals surface area contributed by atoms with Crippen molar-refractivity contribution in [1.29, 1.82) is 0 Å². The third-order valence-electron chi connectivity index (χ3n) is 3.70. The number of aromatic nitrogens is 2. The average Bonchev–Trinajstić information content (AvgIpc) is 2.78. The van der Waals surface area contributed by atoms with Crippen LogP contribution in [0.2, 0.25) is 0 Å². The van der Waals surface area contributed by atoms with Crippen molar-refractivity contribution >= 4 is 22.4 Å². The summed E-state index contributed by atoms with van der Waals surface area (Å²) < 4.78 is 26.4. The number of fused-ring (bicyclic) bond motifs is 1. The molecule has 0 aromatic carbocycles. The van der Waals surface area contributed by atoms with E-state index in [0.717, 1.165) is 36.0 Å². The van der Waals surface area contributed by atoms with Crippen molar-refractivity contribution in [3.63, 3.8) is 0 Å². The molecule has 0 saturated heterocycles. The number of hydrogen-bond acceptors (Lipinski definition) is 4. The zero-order chi connectivity index (χ0) is 15.9. The third-order valence-corrected chi connectivity index (χ3v) is 4.71. The molecule has 0 bridgehead atoms. The molecule has 116 valence electrons. The van der Waals surface area contributed by atoms with Crippen molar-refractivity contribution in [2.24, 2.45) is 5.41 Å². The number of aryl methyl sites for hydroxylation is 1. The highest BCUT2D eigenvalue weighted by Crippen LogP contribution is 2.38. The highest BCUT2D eigenvalue weighted by atomic mass is 32.1. The summed E-state index contributed by atoms with van der Waals surface area (Å²) in [5, 5.41) is 2.98. The van der Waals surface area contributed by atoms with Crippen molar-refractivity contribution in [3.8, 4) is 0 Å². The molecule has 0 unspecified atom stereocenters. The van der Waals surface area contributed by atoms with E-state index in [1.54, 1.807) is 0 Å². The number of pyridine rings is 1. The topological polar surface area (TPSA) is 54.9 Å². The van der Waals surface area contributed by atoms with E-state index >= 15 is 0 Å². The summed E-state index contributed by atoms with van der Waals surface area (Å²) in [5.41, 5.74) is 0.785. The van der Waals surface area contributed by atoms with Crippen LogP contribution >= 0.6 is 11.3 Å². The Morgan fingerprint density at radius 1 is 1.41 bits per heavy atom. The smallest absolute Gasteiger partial charge is 0.279 e.